The molecule has 1 N–H and O–H groups in total. The van der Waals surface area contributed by atoms with Crippen LogP contribution in [0.2, 0.25) is 0 Å². The number of likely N-dealkylation sites (tertiary alicyclic amines) is 1. The Balaban J connectivity index is 1.68. The lowest BCUT2D eigenvalue weighted by atomic mass is 9.81. The van der Waals surface area contributed by atoms with Crippen molar-refractivity contribution in [2.75, 3.05) is 13.1 Å². The van der Waals surface area contributed by atoms with Crippen molar-refractivity contribution in [3.05, 3.63) is 0 Å². The fraction of sp³-hybridized carbons (Fsp3) is 0.870. The van der Waals surface area contributed by atoms with E-state index >= 15 is 0 Å². The summed E-state index contributed by atoms with van der Waals surface area (Å²) in [6.07, 6.45) is 7.30. The highest BCUT2D eigenvalue weighted by Crippen LogP contribution is 2.33. The summed E-state index contributed by atoms with van der Waals surface area (Å²) in [5, 5.41) is 3.10. The average molecular weight is 393 g/mol. The highest BCUT2D eigenvalue weighted by atomic mass is 16.2. The number of carbonyl (C=O) groups excluding carboxylic acids is 3. The number of hydrogen-bond donors (Lipinski definition) is 1. The zero-order valence-electron chi connectivity index (χ0n) is 18.6. The van der Waals surface area contributed by atoms with Crippen molar-refractivity contribution in [2.24, 2.45) is 29.1 Å². The number of unbranched alkanes of at least 4 members (excludes halogenated alkanes) is 1. The Hall–Kier alpha value is -1.39. The molecule has 160 valence electrons. The highest BCUT2D eigenvalue weighted by Gasteiger charge is 2.41. The molecule has 0 bridgehead atoms. The lowest BCUT2D eigenvalue weighted by molar-refractivity contribution is -0.141. The van der Waals surface area contributed by atoms with Crippen LogP contribution in [0, 0.1) is 29.1 Å². The van der Waals surface area contributed by atoms with Crippen LogP contribution in [0.5, 0.6) is 0 Å². The maximum absolute atomic E-state index is 12.5. The Bertz CT molecular complexity index is 557. The molecule has 1 saturated carbocycles. The molecule has 1 saturated heterocycles. The van der Waals surface area contributed by atoms with Gasteiger partial charge in [-0.1, -0.05) is 41.0 Å². The third-order valence-corrected chi connectivity index (χ3v) is 6.39. The molecule has 1 aliphatic heterocycles. The largest absolute Gasteiger partial charge is 0.356 e. The van der Waals surface area contributed by atoms with Crippen molar-refractivity contribution in [2.45, 2.75) is 86.0 Å². The summed E-state index contributed by atoms with van der Waals surface area (Å²) in [7, 11) is 0. The zero-order chi connectivity index (χ0) is 20.9. The molecule has 1 unspecified atom stereocenters. The van der Waals surface area contributed by atoms with Gasteiger partial charge in [0.05, 0.1) is 0 Å². The molecular formula is C23H40N2O3. The fourth-order valence-corrected chi connectivity index (χ4v) is 4.42. The van der Waals surface area contributed by atoms with E-state index in [1.165, 1.54) is 11.3 Å². The third-order valence-electron chi connectivity index (χ3n) is 6.39. The van der Waals surface area contributed by atoms with Gasteiger partial charge < -0.3 is 5.32 Å². The molecule has 0 aromatic rings. The van der Waals surface area contributed by atoms with Gasteiger partial charge in [0.1, 0.15) is 0 Å². The molecule has 1 aliphatic carbocycles. The van der Waals surface area contributed by atoms with E-state index in [-0.39, 0.29) is 35.5 Å². The molecule has 2 fully saturated rings. The van der Waals surface area contributed by atoms with Crippen LogP contribution in [-0.4, -0.2) is 35.7 Å². The Labute approximate surface area is 171 Å². The molecular weight excluding hydrogens is 352 g/mol. The summed E-state index contributed by atoms with van der Waals surface area (Å²) in [5.74, 6) is 0.676. The molecule has 1 atom stereocenters. The van der Waals surface area contributed by atoms with Crippen molar-refractivity contribution in [1.29, 1.82) is 0 Å². The van der Waals surface area contributed by atoms with Crippen molar-refractivity contribution in [1.82, 2.24) is 10.2 Å². The summed E-state index contributed by atoms with van der Waals surface area (Å²) >= 11 is 0. The molecule has 1 heterocycles. The first kappa shape index (κ1) is 22.9. The number of rotatable bonds is 8. The zero-order valence-corrected chi connectivity index (χ0v) is 18.6. The fourth-order valence-electron chi connectivity index (χ4n) is 4.42. The van der Waals surface area contributed by atoms with Gasteiger partial charge in [0.25, 0.3) is 0 Å². The Kier molecular flexibility index (Phi) is 8.08. The van der Waals surface area contributed by atoms with Crippen LogP contribution < -0.4 is 5.32 Å². The maximum Gasteiger partial charge on any atom is 0.233 e. The SMILES string of the molecule is CC(C)C1CC(=O)N(CC2CCC(C(=O)NCCCCC(C)(C)C)CC2)C1=O. The van der Waals surface area contributed by atoms with E-state index in [0.29, 0.717) is 24.3 Å². The lowest BCUT2D eigenvalue weighted by Crippen LogP contribution is -2.39. The molecule has 0 aromatic heterocycles. The van der Waals surface area contributed by atoms with Gasteiger partial charge in [0.2, 0.25) is 17.7 Å². The first-order chi connectivity index (χ1) is 13.1. The summed E-state index contributed by atoms with van der Waals surface area (Å²) in [5.41, 5.74) is 0.357. The molecule has 28 heavy (non-hydrogen) atoms. The minimum atomic E-state index is -0.145. The van der Waals surface area contributed by atoms with Gasteiger partial charge in [-0.2, -0.15) is 0 Å². The number of imide groups is 1. The second-order valence-corrected chi connectivity index (χ2v) is 10.4. The molecule has 3 amide bonds. The van der Waals surface area contributed by atoms with E-state index in [0.717, 1.165) is 45.1 Å². The second kappa shape index (κ2) is 9.89. The molecule has 0 radical (unpaired) electrons. The monoisotopic (exact) mass is 392 g/mol. The first-order valence-corrected chi connectivity index (χ1v) is 11.2. The number of carbonyl (C=O) groups is 3. The van der Waals surface area contributed by atoms with Crippen LogP contribution >= 0.6 is 0 Å². The predicted molar refractivity (Wildman–Crippen MR) is 111 cm³/mol. The Morgan fingerprint density at radius 2 is 1.75 bits per heavy atom. The number of nitrogens with zero attached hydrogens (tertiary/aromatic N) is 1. The summed E-state index contributed by atoms with van der Waals surface area (Å²) in [6.45, 7) is 12.1. The van der Waals surface area contributed by atoms with Gasteiger partial charge in [0.15, 0.2) is 0 Å². The first-order valence-electron chi connectivity index (χ1n) is 11.2. The molecule has 0 spiro atoms. The third kappa shape index (κ3) is 6.59. The van der Waals surface area contributed by atoms with Gasteiger partial charge in [-0.05, 0) is 55.8 Å². The minimum absolute atomic E-state index is 0.00937. The van der Waals surface area contributed by atoms with Crippen molar-refractivity contribution in [3.8, 4) is 0 Å². The summed E-state index contributed by atoms with van der Waals surface area (Å²) in [6, 6.07) is 0. The van der Waals surface area contributed by atoms with Crippen molar-refractivity contribution in [3.63, 3.8) is 0 Å². The Morgan fingerprint density at radius 3 is 2.29 bits per heavy atom. The smallest absolute Gasteiger partial charge is 0.233 e. The topological polar surface area (TPSA) is 66.5 Å². The van der Waals surface area contributed by atoms with Gasteiger partial charge in [-0.25, -0.2) is 0 Å². The molecule has 5 nitrogen and oxygen atoms in total. The number of hydrogen-bond acceptors (Lipinski definition) is 3. The second-order valence-electron chi connectivity index (χ2n) is 10.4. The summed E-state index contributed by atoms with van der Waals surface area (Å²) in [4.78, 5) is 38.6. The number of nitrogens with one attached hydrogen (secondary N) is 1. The van der Waals surface area contributed by atoms with Gasteiger partial charge >= 0.3 is 0 Å². The van der Waals surface area contributed by atoms with Gasteiger partial charge in [-0.3, -0.25) is 19.3 Å². The van der Waals surface area contributed by atoms with Crippen molar-refractivity contribution < 1.29 is 14.4 Å². The van der Waals surface area contributed by atoms with Gasteiger partial charge in [-0.15, -0.1) is 0 Å². The maximum atomic E-state index is 12.5. The lowest BCUT2D eigenvalue weighted by Gasteiger charge is -2.30. The normalized spacial score (nSPS) is 26.2. The van der Waals surface area contributed by atoms with Crippen LogP contribution in [0.1, 0.15) is 86.0 Å². The van der Waals surface area contributed by atoms with Crippen LogP contribution in [0.3, 0.4) is 0 Å². The van der Waals surface area contributed by atoms with E-state index in [9.17, 15) is 14.4 Å². The van der Waals surface area contributed by atoms with E-state index in [4.69, 9.17) is 0 Å². The van der Waals surface area contributed by atoms with Crippen LogP contribution in [0.15, 0.2) is 0 Å². The highest BCUT2D eigenvalue weighted by molar-refractivity contribution is 6.03. The standard InChI is InChI=1S/C23H40N2O3/c1-16(2)19-14-20(26)25(22(19)28)15-17-8-10-18(11-9-17)21(27)24-13-7-6-12-23(3,4)5/h16-19H,6-15H2,1-5H3,(H,24,27). The van der Waals surface area contributed by atoms with E-state index in [2.05, 4.69) is 26.1 Å². The minimum Gasteiger partial charge on any atom is -0.356 e. The van der Waals surface area contributed by atoms with E-state index < -0.39 is 0 Å². The molecule has 5 heteroatoms. The Morgan fingerprint density at radius 1 is 1.11 bits per heavy atom. The summed E-state index contributed by atoms with van der Waals surface area (Å²) < 4.78 is 0. The van der Waals surface area contributed by atoms with Gasteiger partial charge in [0, 0.05) is 31.3 Å². The average Bonchev–Trinajstić information content (AvgIpc) is 2.89. The quantitative estimate of drug-likeness (QED) is 0.498. The van der Waals surface area contributed by atoms with Crippen LogP contribution in [0.4, 0.5) is 0 Å². The molecule has 0 aromatic carbocycles. The van der Waals surface area contributed by atoms with E-state index in [1.54, 1.807) is 0 Å². The predicted octanol–water partition coefficient (Wildman–Crippen LogP) is 4.16. The van der Waals surface area contributed by atoms with Crippen LogP contribution in [0.25, 0.3) is 0 Å². The molecule has 2 rings (SSSR count). The molecule has 2 aliphatic rings. The van der Waals surface area contributed by atoms with Crippen molar-refractivity contribution >= 4 is 17.7 Å². The number of amides is 3. The van der Waals surface area contributed by atoms with E-state index in [1.807, 2.05) is 13.8 Å². The van der Waals surface area contributed by atoms with Crippen LogP contribution in [-0.2, 0) is 14.4 Å².